The van der Waals surface area contributed by atoms with Crippen molar-refractivity contribution in [3.8, 4) is 0 Å². The smallest absolute Gasteiger partial charge is 0.167 e. The molecule has 0 unspecified atom stereocenters. The average molecular weight is 344 g/mol. The summed E-state index contributed by atoms with van der Waals surface area (Å²) in [5.74, 6) is 3.96. The van der Waals surface area contributed by atoms with Crippen molar-refractivity contribution < 1.29 is 14.6 Å². The van der Waals surface area contributed by atoms with E-state index in [1.807, 2.05) is 0 Å². The number of carbonyl (C=O) groups is 1. The van der Waals surface area contributed by atoms with E-state index in [0.717, 1.165) is 42.9 Å². The molecule has 3 heteroatoms. The predicted molar refractivity (Wildman–Crippen MR) is 93.8 cm³/mol. The zero-order valence-corrected chi connectivity index (χ0v) is 15.5. The molecule has 0 aromatic carbocycles. The Kier molecular flexibility index (Phi) is 3.06. The van der Waals surface area contributed by atoms with E-state index in [-0.39, 0.29) is 18.3 Å². The van der Waals surface area contributed by atoms with Gasteiger partial charge in [-0.25, -0.2) is 0 Å². The van der Waals surface area contributed by atoms with Gasteiger partial charge in [0.05, 0.1) is 12.2 Å². The van der Waals surface area contributed by atoms with E-state index in [9.17, 15) is 9.90 Å². The van der Waals surface area contributed by atoms with E-state index in [1.54, 1.807) is 0 Å². The van der Waals surface area contributed by atoms with Crippen LogP contribution >= 0.6 is 0 Å². The summed E-state index contributed by atoms with van der Waals surface area (Å²) in [6.45, 7) is 2.55. The lowest BCUT2D eigenvalue weighted by Crippen LogP contribution is -2.56. The lowest BCUT2D eigenvalue weighted by atomic mass is 9.43. The van der Waals surface area contributed by atoms with Gasteiger partial charge < -0.3 is 9.84 Å². The molecule has 10 atom stereocenters. The summed E-state index contributed by atoms with van der Waals surface area (Å²) in [5, 5.41) is 10.2. The van der Waals surface area contributed by atoms with Crippen molar-refractivity contribution in [3.05, 3.63) is 0 Å². The molecule has 6 aliphatic rings. The van der Waals surface area contributed by atoms with Gasteiger partial charge in [-0.15, -0.1) is 0 Å². The van der Waals surface area contributed by atoms with Crippen LogP contribution in [0.15, 0.2) is 0 Å². The summed E-state index contributed by atoms with van der Waals surface area (Å²) in [6, 6.07) is 0. The molecule has 1 saturated heterocycles. The number of Topliss-reactive ketones (excluding diaryl/α,β-unsaturated/α-hetero) is 1. The maximum Gasteiger partial charge on any atom is 0.167 e. The first-order valence-electron chi connectivity index (χ1n) is 10.9. The fourth-order valence-corrected chi connectivity index (χ4v) is 8.99. The molecule has 25 heavy (non-hydrogen) atoms. The van der Waals surface area contributed by atoms with Crippen LogP contribution in [0.3, 0.4) is 0 Å². The quantitative estimate of drug-likeness (QED) is 0.681. The molecule has 138 valence electrons. The lowest BCUT2D eigenvalue weighted by Gasteiger charge is -2.61. The molecule has 0 aromatic heterocycles. The molecular formula is C22H32O3. The Morgan fingerprint density at radius 2 is 1.92 bits per heavy atom. The predicted octanol–water partition coefficient (Wildman–Crippen LogP) is 3.73. The van der Waals surface area contributed by atoms with Crippen molar-refractivity contribution >= 4 is 5.78 Å². The summed E-state index contributed by atoms with van der Waals surface area (Å²) >= 11 is 0. The van der Waals surface area contributed by atoms with Crippen LogP contribution in [0.1, 0.15) is 71.1 Å². The number of rotatable bonds is 0. The van der Waals surface area contributed by atoms with E-state index >= 15 is 0 Å². The van der Waals surface area contributed by atoms with Crippen LogP contribution in [-0.2, 0) is 9.53 Å². The first-order valence-corrected chi connectivity index (χ1v) is 10.9. The van der Waals surface area contributed by atoms with Gasteiger partial charge in [-0.2, -0.15) is 0 Å². The van der Waals surface area contributed by atoms with Crippen LogP contribution in [0.2, 0.25) is 0 Å². The number of aliphatic hydroxyl groups excluding tert-OH is 1. The average Bonchev–Trinajstić information content (AvgIpc) is 3.25. The van der Waals surface area contributed by atoms with Crippen molar-refractivity contribution in [2.75, 3.05) is 0 Å². The van der Waals surface area contributed by atoms with Gasteiger partial charge in [0.25, 0.3) is 0 Å². The van der Waals surface area contributed by atoms with Gasteiger partial charge in [0.2, 0.25) is 0 Å². The molecule has 6 rings (SSSR count). The monoisotopic (exact) mass is 344 g/mol. The van der Waals surface area contributed by atoms with Crippen molar-refractivity contribution in [1.29, 1.82) is 0 Å². The highest BCUT2D eigenvalue weighted by Crippen LogP contribution is 2.70. The fourth-order valence-electron chi connectivity index (χ4n) is 8.99. The highest BCUT2D eigenvalue weighted by atomic mass is 16.6. The van der Waals surface area contributed by atoms with Crippen molar-refractivity contribution in [3.63, 3.8) is 0 Å². The summed E-state index contributed by atoms with van der Waals surface area (Å²) in [7, 11) is 0. The second kappa shape index (κ2) is 4.90. The number of hydrogen-bond donors (Lipinski definition) is 1. The first kappa shape index (κ1) is 15.6. The van der Waals surface area contributed by atoms with Gasteiger partial charge in [0.1, 0.15) is 6.10 Å². The number of epoxide rings is 1. The molecule has 5 aliphatic carbocycles. The molecule has 0 bridgehead atoms. The van der Waals surface area contributed by atoms with Crippen LogP contribution in [0.4, 0.5) is 0 Å². The van der Waals surface area contributed by atoms with Gasteiger partial charge in [-0.3, -0.25) is 4.79 Å². The minimum Gasteiger partial charge on any atom is -0.393 e. The Hall–Kier alpha value is -0.410. The molecule has 1 spiro atoms. The SMILES string of the molecule is C[C@]12CC[C@@H](O)C[C@@H]1CC[C@@H]1[C@@H]2CC[C@]23C[C@H]4O[C@H]4C(=O)[C@H]2CC[C@@H]13. The van der Waals surface area contributed by atoms with Gasteiger partial charge in [0, 0.05) is 5.92 Å². The lowest BCUT2D eigenvalue weighted by molar-refractivity contribution is -0.146. The van der Waals surface area contributed by atoms with Crippen molar-refractivity contribution in [2.24, 2.45) is 40.4 Å². The molecule has 3 nitrogen and oxygen atoms in total. The molecule has 5 saturated carbocycles. The Labute approximate surface area is 150 Å². The molecule has 1 aliphatic heterocycles. The topological polar surface area (TPSA) is 49.8 Å². The van der Waals surface area contributed by atoms with E-state index in [2.05, 4.69) is 6.92 Å². The first-order chi connectivity index (χ1) is 12.0. The minimum atomic E-state index is -0.0552. The third-order valence-electron chi connectivity index (χ3n) is 10.1. The van der Waals surface area contributed by atoms with E-state index in [0.29, 0.717) is 22.5 Å². The molecule has 6 fully saturated rings. The van der Waals surface area contributed by atoms with Crippen molar-refractivity contribution in [2.45, 2.75) is 89.4 Å². The number of carbonyl (C=O) groups excluding carboxylic acids is 1. The van der Waals surface area contributed by atoms with Gasteiger partial charge >= 0.3 is 0 Å². The molecule has 0 radical (unpaired) electrons. The van der Waals surface area contributed by atoms with E-state index in [4.69, 9.17) is 4.74 Å². The summed E-state index contributed by atoms with van der Waals surface area (Å²) < 4.78 is 5.75. The van der Waals surface area contributed by atoms with E-state index in [1.165, 1.54) is 44.9 Å². The second-order valence-corrected chi connectivity index (χ2v) is 10.7. The van der Waals surface area contributed by atoms with Crippen LogP contribution in [0.5, 0.6) is 0 Å². The Morgan fingerprint density at radius 1 is 1.04 bits per heavy atom. The largest absolute Gasteiger partial charge is 0.393 e. The number of ketones is 1. The van der Waals surface area contributed by atoms with Gasteiger partial charge in [0.15, 0.2) is 5.78 Å². The summed E-state index contributed by atoms with van der Waals surface area (Å²) in [5.41, 5.74) is 0.742. The molecule has 1 heterocycles. The Balaban J connectivity index is 1.33. The fraction of sp³-hybridized carbons (Fsp3) is 0.955. The maximum absolute atomic E-state index is 12.8. The van der Waals surface area contributed by atoms with Crippen LogP contribution < -0.4 is 0 Å². The highest BCUT2D eigenvalue weighted by Gasteiger charge is 2.69. The zero-order chi connectivity index (χ0) is 17.0. The number of ether oxygens (including phenoxy) is 1. The highest BCUT2D eigenvalue weighted by molar-refractivity contribution is 5.90. The van der Waals surface area contributed by atoms with Crippen molar-refractivity contribution in [1.82, 2.24) is 0 Å². The van der Waals surface area contributed by atoms with E-state index < -0.39 is 0 Å². The number of fused-ring (bicyclic) bond motifs is 5. The standard InChI is InChI=1S/C22H32O3/c1-21-8-6-13(23)10-12(21)2-3-14-15(21)7-9-22-11-18-20(25-18)19(24)17(22)5-4-16(14)22/h12-18,20,23H,2-11H2,1H3/t12-,13+,14+,15-,16-,17+,18+,20+,21-,22+/m0/s1. The maximum atomic E-state index is 12.8. The normalized spacial score (nSPS) is 62.2. The van der Waals surface area contributed by atoms with Crippen LogP contribution in [-0.4, -0.2) is 29.2 Å². The van der Waals surface area contributed by atoms with Crippen LogP contribution in [0.25, 0.3) is 0 Å². The van der Waals surface area contributed by atoms with Crippen LogP contribution in [0, 0.1) is 40.4 Å². The molecule has 1 N–H and O–H groups in total. The third kappa shape index (κ3) is 1.87. The Bertz CT molecular complexity index is 616. The second-order valence-electron chi connectivity index (χ2n) is 10.7. The molecular weight excluding hydrogens is 312 g/mol. The zero-order valence-electron chi connectivity index (χ0n) is 15.5. The molecule has 0 aromatic rings. The van der Waals surface area contributed by atoms with Gasteiger partial charge in [-0.1, -0.05) is 6.92 Å². The van der Waals surface area contributed by atoms with Gasteiger partial charge in [-0.05, 0) is 98.7 Å². The number of hydrogen-bond acceptors (Lipinski definition) is 3. The number of aliphatic hydroxyl groups is 1. The summed E-state index contributed by atoms with van der Waals surface area (Å²) in [4.78, 5) is 12.8. The summed E-state index contributed by atoms with van der Waals surface area (Å²) in [6.07, 6.45) is 12.3. The third-order valence-corrected chi connectivity index (χ3v) is 10.1. The molecule has 0 amide bonds. The minimum absolute atomic E-state index is 0.0137. The Morgan fingerprint density at radius 3 is 2.80 bits per heavy atom.